The molecule has 3 rings (SSSR count). The van der Waals surface area contributed by atoms with Crippen LogP contribution in [0, 0.1) is 6.92 Å². The first-order valence-electron chi connectivity index (χ1n) is 9.66. The number of carbonyl (C=O) groups excluding carboxylic acids is 1. The van der Waals surface area contributed by atoms with Crippen molar-refractivity contribution in [2.45, 2.75) is 38.2 Å². The summed E-state index contributed by atoms with van der Waals surface area (Å²) < 4.78 is 11.5. The van der Waals surface area contributed by atoms with E-state index in [0.29, 0.717) is 19.4 Å². The van der Waals surface area contributed by atoms with Crippen molar-refractivity contribution in [2.75, 3.05) is 51.8 Å². The fraction of sp³-hybridized carbons (Fsp3) is 0.650. The minimum absolute atomic E-state index is 0.0661. The molecule has 1 aromatic rings. The van der Waals surface area contributed by atoms with Gasteiger partial charge in [0.05, 0.1) is 0 Å². The van der Waals surface area contributed by atoms with E-state index in [1.54, 1.807) is 7.11 Å². The SMILES string of the molecule is COC1(C(=O)Nc2ccc(OCCN3CCCC3)c(C)c2)CCNCC1. The van der Waals surface area contributed by atoms with E-state index >= 15 is 0 Å². The zero-order valence-corrected chi connectivity index (χ0v) is 16.0. The molecule has 1 aromatic carbocycles. The van der Waals surface area contributed by atoms with Crippen LogP contribution in [0.5, 0.6) is 5.75 Å². The second kappa shape index (κ2) is 8.84. The monoisotopic (exact) mass is 361 g/mol. The van der Waals surface area contributed by atoms with Gasteiger partial charge in [0.25, 0.3) is 5.91 Å². The van der Waals surface area contributed by atoms with Crippen molar-refractivity contribution in [3.63, 3.8) is 0 Å². The number of benzene rings is 1. The maximum absolute atomic E-state index is 12.7. The van der Waals surface area contributed by atoms with Crippen molar-refractivity contribution in [3.05, 3.63) is 23.8 Å². The predicted octanol–water partition coefficient (Wildman–Crippen LogP) is 2.18. The number of ether oxygens (including phenoxy) is 2. The van der Waals surface area contributed by atoms with Gasteiger partial charge in [-0.1, -0.05) is 0 Å². The molecule has 0 aromatic heterocycles. The van der Waals surface area contributed by atoms with Crippen molar-refractivity contribution < 1.29 is 14.3 Å². The van der Waals surface area contributed by atoms with E-state index < -0.39 is 5.60 Å². The van der Waals surface area contributed by atoms with Crippen molar-refractivity contribution >= 4 is 11.6 Å². The van der Waals surface area contributed by atoms with Crippen LogP contribution < -0.4 is 15.4 Å². The van der Waals surface area contributed by atoms with Gasteiger partial charge in [-0.2, -0.15) is 0 Å². The number of piperidine rings is 1. The molecule has 2 fully saturated rings. The highest BCUT2D eigenvalue weighted by Crippen LogP contribution is 2.27. The Balaban J connectivity index is 1.55. The van der Waals surface area contributed by atoms with Crippen molar-refractivity contribution in [2.24, 2.45) is 0 Å². The molecule has 26 heavy (non-hydrogen) atoms. The van der Waals surface area contributed by atoms with Crippen LogP contribution in [-0.4, -0.2) is 62.8 Å². The van der Waals surface area contributed by atoms with Crippen molar-refractivity contribution in [1.82, 2.24) is 10.2 Å². The van der Waals surface area contributed by atoms with Gasteiger partial charge in [-0.3, -0.25) is 9.69 Å². The highest BCUT2D eigenvalue weighted by molar-refractivity contribution is 5.97. The lowest BCUT2D eigenvalue weighted by Crippen LogP contribution is -2.51. The zero-order chi connectivity index (χ0) is 18.4. The maximum atomic E-state index is 12.7. The number of anilines is 1. The fourth-order valence-corrected chi connectivity index (χ4v) is 3.78. The van der Waals surface area contributed by atoms with Gasteiger partial charge in [-0.05, 0) is 82.5 Å². The lowest BCUT2D eigenvalue weighted by atomic mass is 9.91. The summed E-state index contributed by atoms with van der Waals surface area (Å²) in [5, 5.41) is 6.29. The van der Waals surface area contributed by atoms with Gasteiger partial charge >= 0.3 is 0 Å². The lowest BCUT2D eigenvalue weighted by Gasteiger charge is -2.34. The van der Waals surface area contributed by atoms with E-state index in [2.05, 4.69) is 15.5 Å². The van der Waals surface area contributed by atoms with Gasteiger partial charge in [0.15, 0.2) is 0 Å². The van der Waals surface area contributed by atoms with Gasteiger partial charge < -0.3 is 20.1 Å². The quantitative estimate of drug-likeness (QED) is 0.779. The molecular weight excluding hydrogens is 330 g/mol. The first-order chi connectivity index (χ1) is 12.6. The highest BCUT2D eigenvalue weighted by atomic mass is 16.5. The Labute approximate surface area is 156 Å². The average Bonchev–Trinajstić information content (AvgIpc) is 3.17. The number of rotatable bonds is 7. The molecule has 2 heterocycles. The predicted molar refractivity (Wildman–Crippen MR) is 103 cm³/mol. The maximum Gasteiger partial charge on any atom is 0.256 e. The third-order valence-corrected chi connectivity index (χ3v) is 5.51. The molecule has 2 aliphatic heterocycles. The first kappa shape index (κ1) is 19.1. The van der Waals surface area contributed by atoms with Crippen LogP contribution in [-0.2, 0) is 9.53 Å². The number of nitrogens with one attached hydrogen (secondary N) is 2. The van der Waals surface area contributed by atoms with E-state index in [1.807, 2.05) is 25.1 Å². The molecule has 0 atom stereocenters. The van der Waals surface area contributed by atoms with Gasteiger partial charge in [-0.15, -0.1) is 0 Å². The molecule has 0 aliphatic carbocycles. The van der Waals surface area contributed by atoms with E-state index in [9.17, 15) is 4.79 Å². The third-order valence-electron chi connectivity index (χ3n) is 5.51. The summed E-state index contributed by atoms with van der Waals surface area (Å²) in [5.74, 6) is 0.814. The molecule has 0 spiro atoms. The molecule has 1 amide bonds. The molecule has 6 nitrogen and oxygen atoms in total. The summed E-state index contributed by atoms with van der Waals surface area (Å²) in [7, 11) is 1.62. The summed E-state index contributed by atoms with van der Waals surface area (Å²) in [6.45, 7) is 7.65. The molecule has 0 saturated carbocycles. The van der Waals surface area contributed by atoms with E-state index in [-0.39, 0.29) is 5.91 Å². The summed E-state index contributed by atoms with van der Waals surface area (Å²) in [4.78, 5) is 15.2. The number of likely N-dealkylation sites (tertiary alicyclic amines) is 1. The van der Waals surface area contributed by atoms with E-state index in [0.717, 1.165) is 36.6 Å². The normalized spacial score (nSPS) is 20.1. The number of nitrogens with zero attached hydrogens (tertiary/aromatic N) is 1. The highest BCUT2D eigenvalue weighted by Gasteiger charge is 2.39. The largest absolute Gasteiger partial charge is 0.492 e. The molecule has 2 aliphatic rings. The topological polar surface area (TPSA) is 62.8 Å². The first-order valence-corrected chi connectivity index (χ1v) is 9.66. The van der Waals surface area contributed by atoms with Crippen LogP contribution >= 0.6 is 0 Å². The Morgan fingerprint density at radius 2 is 2.00 bits per heavy atom. The van der Waals surface area contributed by atoms with Crippen LogP contribution in [0.3, 0.4) is 0 Å². The smallest absolute Gasteiger partial charge is 0.256 e. The Kier molecular flexibility index (Phi) is 6.51. The molecule has 0 radical (unpaired) electrons. The van der Waals surface area contributed by atoms with Crippen molar-refractivity contribution in [3.8, 4) is 5.75 Å². The molecule has 144 valence electrons. The van der Waals surface area contributed by atoms with Gasteiger partial charge in [0, 0.05) is 19.3 Å². The minimum Gasteiger partial charge on any atom is -0.492 e. The minimum atomic E-state index is -0.732. The Bertz CT molecular complexity index is 608. The number of methoxy groups -OCH3 is 1. The van der Waals surface area contributed by atoms with Crippen LogP contribution in [0.25, 0.3) is 0 Å². The van der Waals surface area contributed by atoms with Crippen molar-refractivity contribution in [1.29, 1.82) is 0 Å². The molecule has 2 N–H and O–H groups in total. The lowest BCUT2D eigenvalue weighted by molar-refractivity contribution is -0.140. The molecule has 0 bridgehead atoms. The molecule has 6 heteroatoms. The molecule has 0 unspecified atom stereocenters. The second-order valence-corrected chi connectivity index (χ2v) is 7.28. The summed E-state index contributed by atoms with van der Waals surface area (Å²) in [6.07, 6.45) is 3.97. The standard InChI is InChI=1S/C20H31N3O3/c1-16-15-17(22-19(24)20(25-2)7-9-21-10-8-20)5-6-18(16)26-14-13-23-11-3-4-12-23/h5-6,15,21H,3-4,7-14H2,1-2H3,(H,22,24). The van der Waals surface area contributed by atoms with E-state index in [1.165, 1.54) is 25.9 Å². The zero-order valence-electron chi connectivity index (χ0n) is 16.0. The Morgan fingerprint density at radius 1 is 1.27 bits per heavy atom. The molecule has 2 saturated heterocycles. The van der Waals surface area contributed by atoms with Crippen LogP contribution in [0.2, 0.25) is 0 Å². The van der Waals surface area contributed by atoms with Gasteiger partial charge in [0.1, 0.15) is 18.0 Å². The number of hydrogen-bond acceptors (Lipinski definition) is 5. The van der Waals surface area contributed by atoms with E-state index in [4.69, 9.17) is 9.47 Å². The summed E-state index contributed by atoms with van der Waals surface area (Å²) >= 11 is 0. The number of aryl methyl sites for hydroxylation is 1. The Morgan fingerprint density at radius 3 is 2.65 bits per heavy atom. The molecular formula is C20H31N3O3. The second-order valence-electron chi connectivity index (χ2n) is 7.28. The van der Waals surface area contributed by atoms with Gasteiger partial charge in [-0.25, -0.2) is 0 Å². The van der Waals surface area contributed by atoms with Crippen LogP contribution in [0.15, 0.2) is 18.2 Å². The Hall–Kier alpha value is -1.63. The number of hydrogen-bond donors (Lipinski definition) is 2. The number of amides is 1. The van der Waals surface area contributed by atoms with Crippen LogP contribution in [0.1, 0.15) is 31.2 Å². The number of carbonyl (C=O) groups is 1. The fourth-order valence-electron chi connectivity index (χ4n) is 3.78. The van der Waals surface area contributed by atoms with Gasteiger partial charge in [0.2, 0.25) is 0 Å². The average molecular weight is 361 g/mol. The summed E-state index contributed by atoms with van der Waals surface area (Å²) in [6, 6.07) is 5.81. The van der Waals surface area contributed by atoms with Crippen LogP contribution in [0.4, 0.5) is 5.69 Å². The summed E-state index contributed by atoms with van der Waals surface area (Å²) in [5.41, 5.74) is 1.08. The third kappa shape index (κ3) is 4.55.